The lowest BCUT2D eigenvalue weighted by Crippen LogP contribution is -2.31. The molecule has 2 amide bonds. The van der Waals surface area contributed by atoms with E-state index in [1.54, 1.807) is 24.1 Å². The number of nitrogens with two attached hydrogens (primary N) is 1. The van der Waals surface area contributed by atoms with Crippen LogP contribution in [0.1, 0.15) is 21.5 Å². The van der Waals surface area contributed by atoms with Gasteiger partial charge in [-0.1, -0.05) is 30.3 Å². The van der Waals surface area contributed by atoms with Gasteiger partial charge in [0.25, 0.3) is 11.8 Å². The maximum atomic E-state index is 12.4. The molecular weight excluding hydrogens is 320 g/mol. The van der Waals surface area contributed by atoms with E-state index in [1.165, 1.54) is 13.2 Å². The predicted molar refractivity (Wildman–Crippen MR) is 94.7 cm³/mol. The van der Waals surface area contributed by atoms with Gasteiger partial charge in [-0.25, -0.2) is 0 Å². The Morgan fingerprint density at radius 3 is 2.48 bits per heavy atom. The zero-order chi connectivity index (χ0) is 18.4. The molecule has 2 aromatic rings. The van der Waals surface area contributed by atoms with E-state index < -0.39 is 5.91 Å². The molecule has 0 aliphatic heterocycles. The summed E-state index contributed by atoms with van der Waals surface area (Å²) in [7, 11) is 3.16. The van der Waals surface area contributed by atoms with E-state index in [4.69, 9.17) is 15.2 Å². The first kappa shape index (κ1) is 18.3. The normalized spacial score (nSPS) is 10.2. The van der Waals surface area contributed by atoms with Crippen LogP contribution in [0.15, 0.2) is 42.5 Å². The number of rotatable bonds is 7. The number of nitrogens with zero attached hydrogens (tertiary/aromatic N) is 1. The van der Waals surface area contributed by atoms with Crippen LogP contribution in [-0.4, -0.2) is 37.5 Å². The van der Waals surface area contributed by atoms with Gasteiger partial charge >= 0.3 is 0 Å². The third kappa shape index (κ3) is 4.50. The lowest BCUT2D eigenvalue weighted by Gasteiger charge is -2.20. The van der Waals surface area contributed by atoms with Gasteiger partial charge < -0.3 is 20.1 Å². The van der Waals surface area contributed by atoms with E-state index in [0.717, 1.165) is 11.1 Å². The maximum Gasteiger partial charge on any atom is 0.260 e. The zero-order valence-corrected chi connectivity index (χ0v) is 14.6. The first-order valence-electron chi connectivity index (χ1n) is 7.82. The van der Waals surface area contributed by atoms with Gasteiger partial charge in [-0.3, -0.25) is 9.59 Å². The third-order valence-corrected chi connectivity index (χ3v) is 3.90. The Hall–Kier alpha value is -3.02. The minimum Gasteiger partial charge on any atom is -0.493 e. The van der Waals surface area contributed by atoms with Gasteiger partial charge in [0, 0.05) is 13.6 Å². The van der Waals surface area contributed by atoms with Gasteiger partial charge in [-0.05, 0) is 30.2 Å². The van der Waals surface area contributed by atoms with Crippen molar-refractivity contribution in [1.82, 2.24) is 4.90 Å². The standard InChI is InChI=1S/C19H22N2O4/c1-13-7-4-5-8-14(13)11-21(2)17(22)12-25-18-15(19(20)23)9-6-10-16(18)24-3/h4-10H,11-12H2,1-3H3,(H2,20,23). The Labute approximate surface area is 147 Å². The number of primary amides is 1. The Morgan fingerprint density at radius 2 is 1.84 bits per heavy atom. The summed E-state index contributed by atoms with van der Waals surface area (Å²) in [5, 5.41) is 0. The second kappa shape index (κ2) is 8.19. The molecule has 0 bridgehead atoms. The van der Waals surface area contributed by atoms with E-state index in [1.807, 2.05) is 31.2 Å². The molecule has 0 heterocycles. The van der Waals surface area contributed by atoms with E-state index in [-0.39, 0.29) is 23.8 Å². The van der Waals surface area contributed by atoms with Crippen LogP contribution in [-0.2, 0) is 11.3 Å². The van der Waals surface area contributed by atoms with Gasteiger partial charge in [0.2, 0.25) is 0 Å². The quantitative estimate of drug-likeness (QED) is 0.836. The van der Waals surface area contributed by atoms with Crippen molar-refractivity contribution in [3.8, 4) is 11.5 Å². The fourth-order valence-corrected chi connectivity index (χ4v) is 2.39. The SMILES string of the molecule is COc1cccc(C(N)=O)c1OCC(=O)N(C)Cc1ccccc1C. The average molecular weight is 342 g/mol. The Bertz CT molecular complexity index is 774. The van der Waals surface area contributed by atoms with Gasteiger partial charge in [0.1, 0.15) is 0 Å². The fraction of sp³-hybridized carbons (Fsp3) is 0.263. The molecule has 0 atom stereocenters. The van der Waals surface area contributed by atoms with Crippen molar-refractivity contribution < 1.29 is 19.1 Å². The van der Waals surface area contributed by atoms with Gasteiger partial charge in [0.15, 0.2) is 18.1 Å². The molecule has 0 saturated carbocycles. The molecule has 0 saturated heterocycles. The van der Waals surface area contributed by atoms with E-state index in [2.05, 4.69) is 0 Å². The first-order chi connectivity index (χ1) is 11.9. The number of amides is 2. The van der Waals surface area contributed by atoms with Crippen LogP contribution in [0.4, 0.5) is 0 Å². The van der Waals surface area contributed by atoms with E-state index in [0.29, 0.717) is 12.3 Å². The summed E-state index contributed by atoms with van der Waals surface area (Å²) in [5.74, 6) is -0.333. The number of ether oxygens (including phenoxy) is 2. The number of methoxy groups -OCH3 is 1. The lowest BCUT2D eigenvalue weighted by atomic mass is 10.1. The van der Waals surface area contributed by atoms with Crippen molar-refractivity contribution in [2.75, 3.05) is 20.8 Å². The summed E-state index contributed by atoms with van der Waals surface area (Å²) in [6.45, 7) is 2.25. The van der Waals surface area contributed by atoms with Crippen molar-refractivity contribution in [3.05, 3.63) is 59.2 Å². The monoisotopic (exact) mass is 342 g/mol. The topological polar surface area (TPSA) is 81.9 Å². The van der Waals surface area contributed by atoms with Crippen molar-refractivity contribution in [1.29, 1.82) is 0 Å². The van der Waals surface area contributed by atoms with Crippen LogP contribution in [0.5, 0.6) is 11.5 Å². The molecule has 2 rings (SSSR count). The minimum absolute atomic E-state index is 0.175. The second-order valence-corrected chi connectivity index (χ2v) is 5.67. The van der Waals surface area contributed by atoms with Crippen LogP contribution < -0.4 is 15.2 Å². The smallest absolute Gasteiger partial charge is 0.260 e. The van der Waals surface area contributed by atoms with Crippen molar-refractivity contribution >= 4 is 11.8 Å². The van der Waals surface area contributed by atoms with Crippen molar-refractivity contribution in [2.45, 2.75) is 13.5 Å². The van der Waals surface area contributed by atoms with Crippen LogP contribution in [0.3, 0.4) is 0 Å². The summed E-state index contributed by atoms with van der Waals surface area (Å²) in [6.07, 6.45) is 0. The molecule has 2 N–H and O–H groups in total. The molecule has 25 heavy (non-hydrogen) atoms. The Morgan fingerprint density at radius 1 is 1.12 bits per heavy atom. The summed E-state index contributed by atoms with van der Waals surface area (Å²) in [5.41, 5.74) is 7.71. The molecule has 0 radical (unpaired) electrons. The molecule has 0 aliphatic carbocycles. The van der Waals surface area contributed by atoms with E-state index in [9.17, 15) is 9.59 Å². The highest BCUT2D eigenvalue weighted by molar-refractivity contribution is 5.96. The molecule has 2 aromatic carbocycles. The zero-order valence-electron chi connectivity index (χ0n) is 14.6. The summed E-state index contributed by atoms with van der Waals surface area (Å²) < 4.78 is 10.7. The Balaban J connectivity index is 2.07. The average Bonchev–Trinajstić information content (AvgIpc) is 2.60. The summed E-state index contributed by atoms with van der Waals surface area (Å²) in [6, 6.07) is 12.7. The number of hydrogen-bond acceptors (Lipinski definition) is 4. The molecule has 6 nitrogen and oxygen atoms in total. The lowest BCUT2D eigenvalue weighted by molar-refractivity contribution is -0.132. The van der Waals surface area contributed by atoms with Crippen molar-refractivity contribution in [2.24, 2.45) is 5.73 Å². The molecule has 132 valence electrons. The van der Waals surface area contributed by atoms with Crippen LogP contribution in [0, 0.1) is 6.92 Å². The highest BCUT2D eigenvalue weighted by Gasteiger charge is 2.18. The molecule has 0 fully saturated rings. The number of para-hydroxylation sites is 1. The van der Waals surface area contributed by atoms with Gasteiger partial charge in [-0.2, -0.15) is 0 Å². The molecule has 6 heteroatoms. The largest absolute Gasteiger partial charge is 0.493 e. The van der Waals surface area contributed by atoms with Crippen molar-refractivity contribution in [3.63, 3.8) is 0 Å². The number of carbonyl (C=O) groups excluding carboxylic acids is 2. The third-order valence-electron chi connectivity index (χ3n) is 3.90. The number of carbonyl (C=O) groups is 2. The van der Waals surface area contributed by atoms with Gasteiger partial charge in [-0.15, -0.1) is 0 Å². The predicted octanol–water partition coefficient (Wildman–Crippen LogP) is 2.14. The fourth-order valence-electron chi connectivity index (χ4n) is 2.39. The summed E-state index contributed by atoms with van der Waals surface area (Å²) in [4.78, 5) is 25.5. The summed E-state index contributed by atoms with van der Waals surface area (Å²) >= 11 is 0. The molecule has 0 spiro atoms. The van der Waals surface area contributed by atoms with Crippen LogP contribution >= 0.6 is 0 Å². The minimum atomic E-state index is -0.644. The Kier molecular flexibility index (Phi) is 6.00. The van der Waals surface area contributed by atoms with Gasteiger partial charge in [0.05, 0.1) is 12.7 Å². The number of aryl methyl sites for hydroxylation is 1. The van der Waals surface area contributed by atoms with E-state index >= 15 is 0 Å². The van der Waals surface area contributed by atoms with Crippen LogP contribution in [0.2, 0.25) is 0 Å². The molecule has 0 aromatic heterocycles. The highest BCUT2D eigenvalue weighted by atomic mass is 16.5. The molecule has 0 unspecified atom stereocenters. The highest BCUT2D eigenvalue weighted by Crippen LogP contribution is 2.30. The van der Waals surface area contributed by atoms with Crippen LogP contribution in [0.25, 0.3) is 0 Å². The molecule has 0 aliphatic rings. The second-order valence-electron chi connectivity index (χ2n) is 5.67. The molecular formula is C19H22N2O4. The number of benzene rings is 2. The number of hydrogen-bond donors (Lipinski definition) is 1. The number of likely N-dealkylation sites (N-methyl/N-ethyl adjacent to an activating group) is 1. The first-order valence-corrected chi connectivity index (χ1v) is 7.82. The maximum absolute atomic E-state index is 12.4.